The van der Waals surface area contributed by atoms with Gasteiger partial charge < -0.3 is 0 Å². The number of aromatic nitrogens is 1. The van der Waals surface area contributed by atoms with Gasteiger partial charge in [0.25, 0.3) is 0 Å². The highest BCUT2D eigenvalue weighted by Crippen LogP contribution is 2.18. The van der Waals surface area contributed by atoms with Crippen molar-refractivity contribution in [2.24, 2.45) is 5.14 Å². The molecular formula is C8H9N3O2S2. The van der Waals surface area contributed by atoms with Crippen molar-refractivity contribution < 1.29 is 8.42 Å². The molecule has 15 heavy (non-hydrogen) atoms. The Morgan fingerprint density at radius 1 is 1.60 bits per heavy atom. The van der Waals surface area contributed by atoms with Crippen molar-refractivity contribution in [2.45, 2.75) is 5.03 Å². The number of hydrogen-bond donors (Lipinski definition) is 1. The normalized spacial score (nSPS) is 10.9. The van der Waals surface area contributed by atoms with Crippen LogP contribution >= 0.6 is 11.8 Å². The molecule has 0 bridgehead atoms. The third kappa shape index (κ3) is 4.29. The summed E-state index contributed by atoms with van der Waals surface area (Å²) in [5.41, 5.74) is 0.442. The van der Waals surface area contributed by atoms with Gasteiger partial charge in [-0.15, -0.1) is 11.8 Å². The third-order valence-electron chi connectivity index (χ3n) is 1.50. The zero-order valence-electron chi connectivity index (χ0n) is 7.75. The van der Waals surface area contributed by atoms with E-state index in [0.717, 1.165) is 0 Å². The lowest BCUT2D eigenvalue weighted by atomic mass is 10.3. The smallest absolute Gasteiger partial charge is 0.209 e. The maximum atomic E-state index is 10.7. The molecule has 0 aliphatic heterocycles. The molecule has 0 saturated heterocycles. The highest BCUT2D eigenvalue weighted by atomic mass is 32.2. The van der Waals surface area contributed by atoms with Gasteiger partial charge in [0.05, 0.1) is 11.3 Å². The first-order valence-electron chi connectivity index (χ1n) is 4.01. The lowest BCUT2D eigenvalue weighted by Crippen LogP contribution is -2.17. The van der Waals surface area contributed by atoms with E-state index in [0.29, 0.717) is 16.3 Å². The number of rotatable bonds is 4. The molecule has 2 N–H and O–H groups in total. The fourth-order valence-electron chi connectivity index (χ4n) is 0.845. The molecule has 0 fully saturated rings. The first kappa shape index (κ1) is 12.0. The quantitative estimate of drug-likeness (QED) is 0.769. The van der Waals surface area contributed by atoms with Crippen LogP contribution in [0.3, 0.4) is 0 Å². The van der Waals surface area contributed by atoms with Gasteiger partial charge in [0.2, 0.25) is 10.0 Å². The molecule has 1 aromatic rings. The van der Waals surface area contributed by atoms with Gasteiger partial charge in [-0.2, -0.15) is 5.26 Å². The highest BCUT2D eigenvalue weighted by Gasteiger charge is 2.06. The first-order chi connectivity index (χ1) is 7.03. The first-order valence-corrected chi connectivity index (χ1v) is 6.71. The number of thioether (sulfide) groups is 1. The Bertz CT molecular complexity index is 479. The van der Waals surface area contributed by atoms with Crippen molar-refractivity contribution >= 4 is 21.8 Å². The lowest BCUT2D eigenvalue weighted by Gasteiger charge is -2.00. The van der Waals surface area contributed by atoms with Crippen molar-refractivity contribution in [3.05, 3.63) is 23.9 Å². The van der Waals surface area contributed by atoms with Gasteiger partial charge in [-0.1, -0.05) is 0 Å². The van der Waals surface area contributed by atoms with E-state index in [2.05, 4.69) is 4.98 Å². The molecule has 0 aromatic carbocycles. The van der Waals surface area contributed by atoms with Crippen molar-refractivity contribution in [2.75, 3.05) is 11.5 Å². The molecule has 5 nitrogen and oxygen atoms in total. The van der Waals surface area contributed by atoms with E-state index in [1.165, 1.54) is 11.8 Å². The van der Waals surface area contributed by atoms with Crippen LogP contribution in [0, 0.1) is 11.3 Å². The topological polar surface area (TPSA) is 96.8 Å². The number of primary sulfonamides is 1. The third-order valence-corrected chi connectivity index (χ3v) is 3.54. The van der Waals surface area contributed by atoms with Gasteiger partial charge in [0.1, 0.15) is 11.1 Å². The molecule has 0 aliphatic carbocycles. The fraction of sp³-hybridized carbons (Fsp3) is 0.250. The molecule has 0 saturated carbocycles. The average molecular weight is 243 g/mol. The molecule has 7 heteroatoms. The Balaban J connectivity index is 2.63. The van der Waals surface area contributed by atoms with Crippen LogP contribution in [0.5, 0.6) is 0 Å². The lowest BCUT2D eigenvalue weighted by molar-refractivity contribution is 0.599. The Morgan fingerprint density at radius 2 is 2.33 bits per heavy atom. The number of sulfonamides is 1. The number of pyridine rings is 1. The minimum Gasteiger partial charge on any atom is -0.249 e. The molecular weight excluding hydrogens is 234 g/mol. The van der Waals surface area contributed by atoms with Gasteiger partial charge >= 0.3 is 0 Å². The van der Waals surface area contributed by atoms with Gasteiger partial charge in [-0.25, -0.2) is 18.5 Å². The van der Waals surface area contributed by atoms with Crippen LogP contribution in [0.4, 0.5) is 0 Å². The molecule has 0 spiro atoms. The molecule has 80 valence electrons. The molecule has 0 unspecified atom stereocenters. The van der Waals surface area contributed by atoms with E-state index in [9.17, 15) is 8.42 Å². The van der Waals surface area contributed by atoms with E-state index >= 15 is 0 Å². The summed E-state index contributed by atoms with van der Waals surface area (Å²) in [5.74, 6) is 0.170. The van der Waals surface area contributed by atoms with Crippen LogP contribution in [-0.4, -0.2) is 24.9 Å². The monoisotopic (exact) mass is 243 g/mol. The predicted molar refractivity (Wildman–Crippen MR) is 57.7 cm³/mol. The van der Waals surface area contributed by atoms with Crippen molar-refractivity contribution in [3.63, 3.8) is 0 Å². The van der Waals surface area contributed by atoms with E-state index < -0.39 is 10.0 Å². The summed E-state index contributed by atoms with van der Waals surface area (Å²) in [6.07, 6.45) is 1.56. The van der Waals surface area contributed by atoms with Crippen molar-refractivity contribution in [3.8, 4) is 6.07 Å². The maximum Gasteiger partial charge on any atom is 0.209 e. The second-order valence-corrected chi connectivity index (χ2v) is 5.50. The molecule has 1 heterocycles. The zero-order valence-corrected chi connectivity index (χ0v) is 9.38. The van der Waals surface area contributed by atoms with Crippen LogP contribution in [0.25, 0.3) is 0 Å². The van der Waals surface area contributed by atoms with E-state index in [4.69, 9.17) is 10.4 Å². The Kier molecular flexibility index (Phi) is 4.08. The summed E-state index contributed by atoms with van der Waals surface area (Å²) in [6.45, 7) is 0. The zero-order chi connectivity index (χ0) is 11.3. The second kappa shape index (κ2) is 5.11. The van der Waals surface area contributed by atoms with E-state index in [1.54, 1.807) is 18.3 Å². The van der Waals surface area contributed by atoms with Crippen LogP contribution in [0.1, 0.15) is 5.56 Å². The molecule has 0 amide bonds. The SMILES string of the molecule is N#Cc1cccnc1SCCS(N)(=O)=O. The maximum absolute atomic E-state index is 10.7. The standard InChI is InChI=1S/C8H9N3O2S2/c9-6-7-2-1-3-11-8(7)14-4-5-15(10,12)13/h1-3H,4-5H2,(H2,10,12,13). The summed E-state index contributed by atoms with van der Waals surface area (Å²) in [7, 11) is -3.45. The van der Waals surface area contributed by atoms with Gasteiger partial charge in [-0.05, 0) is 12.1 Å². The Labute approximate surface area is 92.4 Å². The van der Waals surface area contributed by atoms with Crippen molar-refractivity contribution in [1.82, 2.24) is 4.98 Å². The molecule has 1 aromatic heterocycles. The van der Waals surface area contributed by atoms with E-state index in [-0.39, 0.29) is 5.75 Å². The van der Waals surface area contributed by atoms with Crippen LogP contribution < -0.4 is 5.14 Å². The second-order valence-electron chi connectivity index (χ2n) is 2.68. The predicted octanol–water partition coefficient (Wildman–Crippen LogP) is 0.334. The average Bonchev–Trinajstić information content (AvgIpc) is 2.16. The summed E-state index contributed by atoms with van der Waals surface area (Å²) in [5, 5.41) is 14.1. The summed E-state index contributed by atoms with van der Waals surface area (Å²) in [4.78, 5) is 3.97. The summed E-state index contributed by atoms with van der Waals surface area (Å²) in [6, 6.07) is 5.27. The van der Waals surface area contributed by atoms with E-state index in [1.807, 2.05) is 6.07 Å². The summed E-state index contributed by atoms with van der Waals surface area (Å²) < 4.78 is 21.3. The molecule has 0 radical (unpaired) electrons. The fourth-order valence-corrected chi connectivity index (χ4v) is 2.71. The van der Waals surface area contributed by atoms with Crippen molar-refractivity contribution in [1.29, 1.82) is 5.26 Å². The minimum atomic E-state index is -3.45. The number of nitrogens with two attached hydrogens (primary N) is 1. The number of nitriles is 1. The molecule has 0 aliphatic rings. The van der Waals surface area contributed by atoms with Crippen LogP contribution in [0.2, 0.25) is 0 Å². The molecule has 1 rings (SSSR count). The van der Waals surface area contributed by atoms with Gasteiger partial charge in [-0.3, -0.25) is 0 Å². The van der Waals surface area contributed by atoms with Crippen LogP contribution in [0.15, 0.2) is 23.4 Å². The largest absolute Gasteiger partial charge is 0.249 e. The van der Waals surface area contributed by atoms with Gasteiger partial charge in [0, 0.05) is 11.9 Å². The highest BCUT2D eigenvalue weighted by molar-refractivity contribution is 8.00. The summed E-state index contributed by atoms with van der Waals surface area (Å²) >= 11 is 1.21. The minimum absolute atomic E-state index is 0.126. The number of nitrogens with zero attached hydrogens (tertiary/aromatic N) is 2. The molecule has 0 atom stereocenters. The number of hydrogen-bond acceptors (Lipinski definition) is 5. The van der Waals surface area contributed by atoms with Crippen LogP contribution in [-0.2, 0) is 10.0 Å². The van der Waals surface area contributed by atoms with Gasteiger partial charge in [0.15, 0.2) is 0 Å². The Morgan fingerprint density at radius 3 is 2.93 bits per heavy atom. The Hall–Kier alpha value is -1.10.